The number of carbonyl (C=O) groups excluding carboxylic acids is 4. The zero-order valence-corrected chi connectivity index (χ0v) is 40.0. The number of carbonyl (C=O) groups is 4. The lowest BCUT2D eigenvalue weighted by molar-refractivity contribution is -0.125. The van der Waals surface area contributed by atoms with E-state index >= 15 is 8.78 Å². The van der Waals surface area contributed by atoms with Crippen LogP contribution in [-0.4, -0.2) is 112 Å². The van der Waals surface area contributed by atoms with Crippen molar-refractivity contribution in [3.05, 3.63) is 141 Å². The largest absolute Gasteiger partial charge is 0.381 e. The van der Waals surface area contributed by atoms with Crippen LogP contribution >= 0.6 is 11.6 Å². The Bertz CT molecular complexity index is 2630. The monoisotopic (exact) mass is 977 g/mol. The number of fused-ring (bicyclic) bond motifs is 2. The number of unbranched alkanes of at least 4 members (excludes halogenated alkanes) is 2. The average Bonchev–Trinajstić information content (AvgIpc) is 3.61. The Balaban J connectivity index is 0.00000450. The first-order valence-corrected chi connectivity index (χ1v) is 23.1. The number of hydrazone groups is 1. The van der Waals surface area contributed by atoms with Crippen molar-refractivity contribution >= 4 is 77.2 Å². The Hall–Kier alpha value is -7.12. The van der Waals surface area contributed by atoms with E-state index < -0.39 is 11.6 Å². The molecule has 19 heteroatoms. The molecule has 368 valence electrons. The van der Waals surface area contributed by atoms with Crippen molar-refractivity contribution in [2.24, 2.45) is 36.6 Å². The van der Waals surface area contributed by atoms with Crippen LogP contribution in [0, 0.1) is 11.6 Å². The number of aliphatic imine (C=N–C) groups is 4. The molecule has 70 heavy (non-hydrogen) atoms. The first kappa shape index (κ1) is 53.8. The van der Waals surface area contributed by atoms with Gasteiger partial charge in [0.1, 0.15) is 17.3 Å². The summed E-state index contributed by atoms with van der Waals surface area (Å²) in [7, 11) is 1.50. The van der Waals surface area contributed by atoms with Crippen molar-refractivity contribution in [3.8, 4) is 0 Å². The van der Waals surface area contributed by atoms with Crippen molar-refractivity contribution in [1.29, 1.82) is 0 Å². The first-order valence-electron chi connectivity index (χ1n) is 22.7. The summed E-state index contributed by atoms with van der Waals surface area (Å²) in [5, 5.41) is 12.4. The highest BCUT2D eigenvalue weighted by molar-refractivity contribution is 6.38. The highest BCUT2D eigenvalue weighted by atomic mass is 35.5. The quantitative estimate of drug-likeness (QED) is 0.0176. The maximum Gasteiger partial charge on any atom is 0.254 e. The molecule has 0 aliphatic carbocycles. The van der Waals surface area contributed by atoms with E-state index in [1.54, 1.807) is 59.6 Å². The molecule has 6 rings (SSSR count). The molecule has 2 aliphatic rings. The van der Waals surface area contributed by atoms with Gasteiger partial charge in [-0.1, -0.05) is 35.9 Å². The SMILES string of the molecule is C=N/C=C1/CN=C(c2c(F)cccc2F)c2cc(Cl)ccc2C1=Nc1ccc(/C(C=NCCCCCOCCCNCC(=O)Nc2ccc3c(c2)CN(C(C)CCC(=O)NC=O)C3=O)=N/N)cc1.CN. The first-order chi connectivity index (χ1) is 34.0. The number of halogens is 3. The van der Waals surface area contributed by atoms with E-state index in [1.165, 1.54) is 31.4 Å². The molecule has 4 aromatic carbocycles. The van der Waals surface area contributed by atoms with Gasteiger partial charge in [-0.15, -0.1) is 0 Å². The number of rotatable bonds is 23. The standard InChI is InChI=1S/C50H53ClF2N10O5.CH5N/c1-32(10-19-45(65)59-31-64)63-30-34-24-38(16-18-39(34)50(63)67)60-46(66)29-57-21-7-23-68-22-5-3-4-20-56-28-44(62-54)33-11-14-37(15-12-33)61-48-35(26-55-2)27-58-49(41-25-36(51)13-17-40(41)48)47-42(52)8-6-9-43(47)53;1-2/h6,8-9,11-18,24-26,28,31-32,57H,2-5,7,10,19-23,27,29-30,54H2,1H3,(H,60,66)(H,59,64,65);2H2,1H3/b35-26-,56-28?,61-48?,62-44+;. The fraction of sp³-hybridized carbons (Fsp3) is 0.314. The maximum absolute atomic E-state index is 15.0. The molecule has 2 heterocycles. The third-order valence-electron chi connectivity index (χ3n) is 11.2. The number of hydrogen-bond donors (Lipinski definition) is 5. The summed E-state index contributed by atoms with van der Waals surface area (Å²) in [5.41, 5.74) is 10.2. The second kappa shape index (κ2) is 27.8. The molecule has 0 aromatic heterocycles. The number of anilines is 1. The fourth-order valence-corrected chi connectivity index (χ4v) is 7.84. The van der Waals surface area contributed by atoms with Crippen LogP contribution in [0.3, 0.4) is 0 Å². The van der Waals surface area contributed by atoms with Crippen molar-refractivity contribution in [2.75, 3.05) is 51.8 Å². The van der Waals surface area contributed by atoms with Gasteiger partial charge in [-0.2, -0.15) is 5.10 Å². The fourth-order valence-electron chi connectivity index (χ4n) is 7.67. The number of hydrogen-bond acceptors (Lipinski definition) is 13. The van der Waals surface area contributed by atoms with Gasteiger partial charge in [0.25, 0.3) is 5.91 Å². The normalized spacial score (nSPS) is 14.9. The molecule has 2 aliphatic heterocycles. The molecule has 0 spiro atoms. The van der Waals surface area contributed by atoms with Gasteiger partial charge in [-0.05, 0) is 119 Å². The molecule has 0 fully saturated rings. The highest BCUT2D eigenvalue weighted by Crippen LogP contribution is 2.31. The zero-order chi connectivity index (χ0) is 50.4. The number of imide groups is 1. The van der Waals surface area contributed by atoms with E-state index in [2.05, 4.69) is 48.5 Å². The summed E-state index contributed by atoms with van der Waals surface area (Å²) < 4.78 is 35.8. The molecule has 0 saturated carbocycles. The van der Waals surface area contributed by atoms with Crippen LogP contribution in [0.1, 0.15) is 83.6 Å². The number of amides is 4. The smallest absolute Gasteiger partial charge is 0.254 e. The summed E-state index contributed by atoms with van der Waals surface area (Å²) in [5.74, 6) is 3.53. The second-order valence-electron chi connectivity index (χ2n) is 16.0. The predicted octanol–water partition coefficient (Wildman–Crippen LogP) is 6.69. The van der Waals surface area contributed by atoms with Gasteiger partial charge in [-0.3, -0.25) is 39.5 Å². The van der Waals surface area contributed by atoms with Gasteiger partial charge in [-0.25, -0.2) is 13.8 Å². The second-order valence-corrected chi connectivity index (χ2v) is 16.4. The van der Waals surface area contributed by atoms with Gasteiger partial charge in [0.2, 0.25) is 18.2 Å². The van der Waals surface area contributed by atoms with E-state index in [4.69, 9.17) is 27.2 Å². The number of benzene rings is 4. The molecule has 4 aromatic rings. The van der Waals surface area contributed by atoms with Crippen LogP contribution in [0.5, 0.6) is 0 Å². The lowest BCUT2D eigenvalue weighted by Gasteiger charge is -2.23. The van der Waals surface area contributed by atoms with Gasteiger partial charge >= 0.3 is 0 Å². The highest BCUT2D eigenvalue weighted by Gasteiger charge is 2.31. The third-order valence-corrected chi connectivity index (χ3v) is 11.4. The van der Waals surface area contributed by atoms with Crippen LogP contribution in [0.25, 0.3) is 0 Å². The topological polar surface area (TPSA) is 231 Å². The van der Waals surface area contributed by atoms with Crippen LogP contribution in [-0.2, 0) is 25.7 Å². The average molecular weight is 979 g/mol. The minimum absolute atomic E-state index is 0.0339. The zero-order valence-electron chi connectivity index (χ0n) is 39.2. The third kappa shape index (κ3) is 14.9. The van der Waals surface area contributed by atoms with Gasteiger partial charge in [0.15, 0.2) is 0 Å². The number of nitrogens with one attached hydrogen (secondary N) is 3. The molecule has 7 N–H and O–H groups in total. The summed E-state index contributed by atoms with van der Waals surface area (Å²) in [6, 6.07) is 21.0. The summed E-state index contributed by atoms with van der Waals surface area (Å²) in [6.45, 7) is 8.35. The van der Waals surface area contributed by atoms with E-state index in [9.17, 15) is 19.2 Å². The molecule has 4 amide bonds. The lowest BCUT2D eigenvalue weighted by atomic mass is 9.93. The van der Waals surface area contributed by atoms with Gasteiger partial charge in [0, 0.05) is 89.7 Å². The van der Waals surface area contributed by atoms with Crippen molar-refractivity contribution in [3.63, 3.8) is 0 Å². The Morgan fingerprint density at radius 2 is 1.70 bits per heavy atom. The number of nitrogens with two attached hydrogens (primary N) is 2. The molecule has 0 bridgehead atoms. The minimum atomic E-state index is -0.749. The summed E-state index contributed by atoms with van der Waals surface area (Å²) >= 11 is 6.39. The number of nitrogens with zero attached hydrogens (tertiary/aromatic N) is 6. The van der Waals surface area contributed by atoms with E-state index in [0.717, 1.165) is 36.8 Å². The Kier molecular flexibility index (Phi) is 21.4. The molecule has 1 unspecified atom stereocenters. The molecule has 0 radical (unpaired) electrons. The maximum atomic E-state index is 15.0. The Morgan fingerprint density at radius 1 is 0.957 bits per heavy atom. The van der Waals surface area contributed by atoms with E-state index in [1.807, 2.05) is 19.1 Å². The van der Waals surface area contributed by atoms with Crippen LogP contribution < -0.4 is 27.5 Å². The Morgan fingerprint density at radius 3 is 2.43 bits per heavy atom. The van der Waals surface area contributed by atoms with Crippen LogP contribution in [0.2, 0.25) is 5.02 Å². The van der Waals surface area contributed by atoms with E-state index in [-0.39, 0.29) is 54.5 Å². The van der Waals surface area contributed by atoms with Crippen LogP contribution in [0.15, 0.2) is 116 Å². The number of ether oxygens (including phenoxy) is 1. The van der Waals surface area contributed by atoms with E-state index in [0.29, 0.717) is 95.8 Å². The molecule has 16 nitrogen and oxygen atoms in total. The molecule has 0 saturated heterocycles. The van der Waals surface area contributed by atoms with Crippen LogP contribution in [0.4, 0.5) is 20.2 Å². The minimum Gasteiger partial charge on any atom is -0.381 e. The van der Waals surface area contributed by atoms with Crippen molar-refractivity contribution in [2.45, 2.75) is 58.0 Å². The predicted molar refractivity (Wildman–Crippen MR) is 273 cm³/mol. The Labute approximate surface area is 411 Å². The summed E-state index contributed by atoms with van der Waals surface area (Å²) in [4.78, 5) is 67.3. The molecular weight excluding hydrogens is 920 g/mol. The lowest BCUT2D eigenvalue weighted by Crippen LogP contribution is -2.34. The molecule has 1 atom stereocenters. The summed E-state index contributed by atoms with van der Waals surface area (Å²) in [6.07, 6.45) is 7.45. The van der Waals surface area contributed by atoms with Crippen molar-refractivity contribution in [1.82, 2.24) is 15.5 Å². The molecular formula is C51H58ClF2N11O5. The van der Waals surface area contributed by atoms with Gasteiger partial charge < -0.3 is 31.8 Å². The van der Waals surface area contributed by atoms with Crippen molar-refractivity contribution < 1.29 is 32.7 Å². The van der Waals surface area contributed by atoms with Gasteiger partial charge in [0.05, 0.1) is 35.8 Å².